The molecule has 0 spiro atoms. The molecule has 1 amide bonds. The lowest BCUT2D eigenvalue weighted by atomic mass is 9.57. The zero-order valence-corrected chi connectivity index (χ0v) is 23.5. The zero-order chi connectivity index (χ0) is 27.3. The highest BCUT2D eigenvalue weighted by molar-refractivity contribution is 5.68. The molecule has 3 atom stereocenters. The molecule has 3 unspecified atom stereocenters. The smallest absolute Gasteiger partial charge is 0.410 e. The van der Waals surface area contributed by atoms with Crippen LogP contribution < -0.4 is 5.56 Å². The number of aliphatic hydroxyl groups is 1. The molecule has 7 nitrogen and oxygen atoms in total. The molecule has 0 bridgehead atoms. The van der Waals surface area contributed by atoms with Gasteiger partial charge in [0.1, 0.15) is 5.60 Å². The van der Waals surface area contributed by atoms with E-state index in [0.29, 0.717) is 25.9 Å². The van der Waals surface area contributed by atoms with E-state index in [1.165, 1.54) is 18.9 Å². The van der Waals surface area contributed by atoms with Gasteiger partial charge in [0.2, 0.25) is 5.56 Å². The first-order chi connectivity index (χ1) is 17.9. The quantitative estimate of drug-likeness (QED) is 0.601. The second kappa shape index (κ2) is 9.83. The first-order valence-corrected chi connectivity index (χ1v) is 14.2. The summed E-state index contributed by atoms with van der Waals surface area (Å²) in [4.78, 5) is 32.4. The van der Waals surface area contributed by atoms with Gasteiger partial charge < -0.3 is 19.7 Å². The molecule has 1 aromatic heterocycles. The van der Waals surface area contributed by atoms with E-state index in [0.717, 1.165) is 47.8 Å². The second-order valence-electron chi connectivity index (χ2n) is 12.8. The van der Waals surface area contributed by atoms with Crippen molar-refractivity contribution in [3.63, 3.8) is 0 Å². The summed E-state index contributed by atoms with van der Waals surface area (Å²) in [6.07, 6.45) is 4.19. The van der Waals surface area contributed by atoms with Gasteiger partial charge in [0.15, 0.2) is 0 Å². The number of carbonyl (C=O) groups excluding carboxylic acids is 1. The molecule has 0 radical (unpaired) electrons. The number of carbonyl (C=O) groups is 1. The highest BCUT2D eigenvalue weighted by Crippen LogP contribution is 2.53. The zero-order valence-electron chi connectivity index (χ0n) is 23.5. The van der Waals surface area contributed by atoms with Crippen LogP contribution in [0.4, 0.5) is 4.79 Å². The Bertz CT molecular complexity index is 1250. The molecule has 2 aromatic rings. The molecule has 3 fully saturated rings. The largest absolute Gasteiger partial charge is 0.444 e. The predicted octanol–water partition coefficient (Wildman–Crippen LogP) is 4.85. The molecule has 1 aromatic carbocycles. The summed E-state index contributed by atoms with van der Waals surface area (Å²) in [5.41, 5.74) is 1.68. The number of ether oxygens (including phenoxy) is 1. The van der Waals surface area contributed by atoms with E-state index in [4.69, 9.17) is 4.74 Å². The molecule has 3 heterocycles. The number of piperidine rings is 1. The fourth-order valence-corrected chi connectivity index (χ4v) is 6.79. The number of nitrogens with zero attached hydrogens (tertiary/aromatic N) is 2. The third-order valence-electron chi connectivity index (χ3n) is 9.14. The van der Waals surface area contributed by atoms with Gasteiger partial charge in [-0.15, -0.1) is 0 Å². The summed E-state index contributed by atoms with van der Waals surface area (Å²) < 4.78 is 5.74. The van der Waals surface area contributed by atoms with Gasteiger partial charge in [-0.2, -0.15) is 0 Å². The van der Waals surface area contributed by atoms with Crippen molar-refractivity contribution in [3.8, 4) is 11.3 Å². The minimum Gasteiger partial charge on any atom is -0.444 e. The number of pyridine rings is 1. The predicted molar refractivity (Wildman–Crippen MR) is 149 cm³/mol. The lowest BCUT2D eigenvalue weighted by molar-refractivity contribution is -0.136. The number of fused-ring (bicyclic) bond motifs is 1. The van der Waals surface area contributed by atoms with Gasteiger partial charge in [-0.3, -0.25) is 9.69 Å². The summed E-state index contributed by atoms with van der Waals surface area (Å²) in [6.45, 7) is 12.9. The number of hydrogen-bond donors (Lipinski definition) is 2. The van der Waals surface area contributed by atoms with Gasteiger partial charge in [-0.05, 0) is 108 Å². The average molecular weight is 522 g/mol. The molecule has 5 rings (SSSR count). The van der Waals surface area contributed by atoms with Crippen molar-refractivity contribution >= 4 is 6.09 Å². The standard InChI is InChI=1S/C31H43N3O4/c1-21-9-12-24(26-7-6-8-27(35)32-26)19-25(21)30-13-16-33(28(36)38-29(3,4)5)18-15-31(30,37)22(2)34(17-14-30)20-23-10-11-23/h6-9,12,19,22-23,37H,10-11,13-18,20H2,1-5H3,(H,32,35). The number of benzene rings is 1. The third-order valence-corrected chi connectivity index (χ3v) is 9.14. The topological polar surface area (TPSA) is 85.9 Å². The van der Waals surface area contributed by atoms with E-state index >= 15 is 0 Å². The lowest BCUT2D eigenvalue weighted by Crippen LogP contribution is -2.68. The van der Waals surface area contributed by atoms with Crippen LogP contribution in [0, 0.1) is 12.8 Å². The number of H-pyrrole nitrogens is 1. The highest BCUT2D eigenvalue weighted by atomic mass is 16.6. The monoisotopic (exact) mass is 521 g/mol. The lowest BCUT2D eigenvalue weighted by Gasteiger charge is -2.58. The van der Waals surface area contributed by atoms with Gasteiger partial charge in [-0.1, -0.05) is 18.2 Å². The van der Waals surface area contributed by atoms with Gasteiger partial charge in [0.05, 0.1) is 5.60 Å². The summed E-state index contributed by atoms with van der Waals surface area (Å²) in [5, 5.41) is 12.8. The van der Waals surface area contributed by atoms with E-state index in [1.54, 1.807) is 11.0 Å². The van der Waals surface area contributed by atoms with Crippen molar-refractivity contribution in [1.82, 2.24) is 14.8 Å². The van der Waals surface area contributed by atoms with Crippen molar-refractivity contribution < 1.29 is 14.6 Å². The van der Waals surface area contributed by atoms with Crippen molar-refractivity contribution in [2.45, 2.75) is 89.4 Å². The van der Waals surface area contributed by atoms with Gasteiger partial charge in [0.25, 0.3) is 0 Å². The number of aromatic nitrogens is 1. The minimum absolute atomic E-state index is 0.0463. The molecule has 1 aliphatic carbocycles. The molecule has 2 N–H and O–H groups in total. The molecule has 7 heteroatoms. The van der Waals surface area contributed by atoms with Crippen LogP contribution in [0.5, 0.6) is 0 Å². The van der Waals surface area contributed by atoms with Crippen LogP contribution in [0.1, 0.15) is 70.9 Å². The summed E-state index contributed by atoms with van der Waals surface area (Å²) in [7, 11) is 0. The number of rotatable bonds is 4. The Morgan fingerprint density at radius 1 is 1.11 bits per heavy atom. The SMILES string of the molecule is Cc1ccc(-c2cccc(=O)[nH]2)cc1C12CCN(C(=O)OC(C)(C)C)CCC1(O)C(C)N(CC1CC1)CC2. The van der Waals surface area contributed by atoms with Crippen LogP contribution in [-0.4, -0.2) is 69.4 Å². The van der Waals surface area contributed by atoms with Crippen LogP contribution >= 0.6 is 0 Å². The first-order valence-electron chi connectivity index (χ1n) is 14.2. The van der Waals surface area contributed by atoms with Crippen molar-refractivity contribution in [2.24, 2.45) is 5.92 Å². The van der Waals surface area contributed by atoms with E-state index in [-0.39, 0.29) is 17.7 Å². The molecule has 206 valence electrons. The Morgan fingerprint density at radius 3 is 2.50 bits per heavy atom. The molecule has 2 aliphatic heterocycles. The van der Waals surface area contributed by atoms with Crippen LogP contribution in [0.3, 0.4) is 0 Å². The number of likely N-dealkylation sites (tertiary alicyclic amines) is 2. The Labute approximate surface area is 226 Å². The van der Waals surface area contributed by atoms with E-state index in [1.807, 2.05) is 32.9 Å². The van der Waals surface area contributed by atoms with Crippen molar-refractivity contribution in [2.75, 3.05) is 26.2 Å². The van der Waals surface area contributed by atoms with Crippen LogP contribution in [0.2, 0.25) is 0 Å². The third kappa shape index (κ3) is 5.03. The fourth-order valence-electron chi connectivity index (χ4n) is 6.79. The molecule has 1 saturated carbocycles. The number of nitrogens with one attached hydrogen (secondary N) is 1. The maximum Gasteiger partial charge on any atom is 0.410 e. The number of aromatic amines is 1. The van der Waals surface area contributed by atoms with E-state index in [2.05, 4.69) is 35.9 Å². The summed E-state index contributed by atoms with van der Waals surface area (Å²) in [6, 6.07) is 11.5. The average Bonchev–Trinajstić information content (AvgIpc) is 3.68. The molecule has 2 saturated heterocycles. The number of hydrogen-bond acceptors (Lipinski definition) is 5. The summed E-state index contributed by atoms with van der Waals surface area (Å²) >= 11 is 0. The Hall–Kier alpha value is -2.64. The van der Waals surface area contributed by atoms with Crippen molar-refractivity contribution in [3.05, 3.63) is 57.9 Å². The van der Waals surface area contributed by atoms with Gasteiger partial charge in [-0.25, -0.2) is 4.79 Å². The normalized spacial score (nSPS) is 28.5. The van der Waals surface area contributed by atoms with E-state index in [9.17, 15) is 14.7 Å². The molecule has 3 aliphatic rings. The number of amides is 1. The highest BCUT2D eigenvalue weighted by Gasteiger charge is 2.60. The summed E-state index contributed by atoms with van der Waals surface area (Å²) in [5.74, 6) is 0.734. The van der Waals surface area contributed by atoms with Gasteiger partial charge in [0, 0.05) is 42.9 Å². The Kier molecular flexibility index (Phi) is 6.97. The first kappa shape index (κ1) is 26.9. The molecular formula is C31H43N3O4. The second-order valence-corrected chi connectivity index (χ2v) is 12.8. The molecule has 38 heavy (non-hydrogen) atoms. The van der Waals surface area contributed by atoms with Crippen LogP contribution in [0.15, 0.2) is 41.2 Å². The van der Waals surface area contributed by atoms with Crippen molar-refractivity contribution in [1.29, 1.82) is 0 Å². The van der Waals surface area contributed by atoms with Gasteiger partial charge >= 0.3 is 6.09 Å². The molecular weight excluding hydrogens is 478 g/mol. The maximum absolute atomic E-state index is 13.1. The fraction of sp³-hybridized carbons (Fsp3) is 0.613. The van der Waals surface area contributed by atoms with Crippen LogP contribution in [0.25, 0.3) is 11.3 Å². The van der Waals surface area contributed by atoms with Crippen LogP contribution in [-0.2, 0) is 10.2 Å². The Morgan fingerprint density at radius 2 is 1.82 bits per heavy atom. The number of aryl methyl sites for hydroxylation is 1. The van der Waals surface area contributed by atoms with E-state index < -0.39 is 16.6 Å². The maximum atomic E-state index is 13.1. The minimum atomic E-state index is -1.02. The Balaban J connectivity index is 1.57.